The summed E-state index contributed by atoms with van der Waals surface area (Å²) in [5.41, 5.74) is 0.301. The van der Waals surface area contributed by atoms with Gasteiger partial charge in [-0.15, -0.1) is 0 Å². The second-order valence-corrected chi connectivity index (χ2v) is 5.46. The lowest BCUT2D eigenvalue weighted by atomic mass is 10.2. The summed E-state index contributed by atoms with van der Waals surface area (Å²) in [4.78, 5) is 16.4. The summed E-state index contributed by atoms with van der Waals surface area (Å²) in [6.07, 6.45) is 3.39. The molecule has 1 fully saturated rings. The predicted molar refractivity (Wildman–Crippen MR) is 77.7 cm³/mol. The molecule has 1 aromatic heterocycles. The van der Waals surface area contributed by atoms with Crippen LogP contribution in [0.1, 0.15) is 43.6 Å². The van der Waals surface area contributed by atoms with Crippen LogP contribution in [-0.2, 0) is 0 Å². The summed E-state index contributed by atoms with van der Waals surface area (Å²) < 4.78 is 0. The van der Waals surface area contributed by atoms with Crippen LogP contribution in [-0.4, -0.2) is 23.5 Å². The number of carbonyl (C=O) groups excluding carboxylic acids is 1. The van der Waals surface area contributed by atoms with E-state index in [9.17, 15) is 4.79 Å². The van der Waals surface area contributed by atoms with Crippen molar-refractivity contribution < 1.29 is 4.79 Å². The maximum Gasteiger partial charge on any atom is 0.271 e. The van der Waals surface area contributed by atoms with Crippen molar-refractivity contribution in [3.8, 4) is 0 Å². The number of amides is 1. The van der Waals surface area contributed by atoms with Crippen molar-refractivity contribution in [2.45, 2.75) is 39.2 Å². The fraction of sp³-hybridized carbons (Fsp3) is 0.571. The van der Waals surface area contributed by atoms with Crippen molar-refractivity contribution in [3.05, 3.63) is 22.8 Å². The second-order valence-electron chi connectivity index (χ2n) is 5.05. The van der Waals surface area contributed by atoms with Gasteiger partial charge in [0.2, 0.25) is 0 Å². The summed E-state index contributed by atoms with van der Waals surface area (Å²) >= 11 is 6.05. The van der Waals surface area contributed by atoms with Gasteiger partial charge in [-0.25, -0.2) is 4.98 Å². The Hall–Kier alpha value is -1.29. The Kier molecular flexibility index (Phi) is 4.64. The van der Waals surface area contributed by atoms with E-state index in [1.165, 1.54) is 12.8 Å². The molecule has 1 amide bonds. The van der Waals surface area contributed by atoms with Crippen LogP contribution in [0.2, 0.25) is 5.02 Å². The summed E-state index contributed by atoms with van der Waals surface area (Å²) in [5, 5.41) is 6.52. The van der Waals surface area contributed by atoms with Gasteiger partial charge in [-0.05, 0) is 44.2 Å². The van der Waals surface area contributed by atoms with Crippen molar-refractivity contribution in [1.82, 2.24) is 10.3 Å². The molecular formula is C14H20ClN3O. The molecule has 2 rings (SSSR count). The molecule has 5 heteroatoms. The van der Waals surface area contributed by atoms with Crippen molar-refractivity contribution in [2.75, 3.05) is 11.9 Å². The first kappa shape index (κ1) is 14.1. The lowest BCUT2D eigenvalue weighted by Gasteiger charge is -2.13. The number of nitrogens with zero attached hydrogens (tertiary/aromatic N) is 1. The van der Waals surface area contributed by atoms with E-state index in [-0.39, 0.29) is 11.9 Å². The predicted octanol–water partition coefficient (Wildman–Crippen LogP) is 3.09. The highest BCUT2D eigenvalue weighted by Gasteiger charge is 2.29. The maximum atomic E-state index is 12.1. The van der Waals surface area contributed by atoms with Crippen molar-refractivity contribution in [3.63, 3.8) is 0 Å². The molecule has 1 aliphatic carbocycles. The highest BCUT2D eigenvalue weighted by atomic mass is 35.5. The number of halogens is 1. The van der Waals surface area contributed by atoms with Gasteiger partial charge in [0.1, 0.15) is 11.5 Å². The van der Waals surface area contributed by atoms with E-state index >= 15 is 0 Å². The zero-order valence-electron chi connectivity index (χ0n) is 11.4. The van der Waals surface area contributed by atoms with Crippen LogP contribution in [0.25, 0.3) is 0 Å². The zero-order chi connectivity index (χ0) is 13.8. The molecule has 0 saturated heterocycles. The van der Waals surface area contributed by atoms with Crippen LogP contribution in [0.3, 0.4) is 0 Å². The molecule has 0 bridgehead atoms. The highest BCUT2D eigenvalue weighted by Crippen LogP contribution is 2.32. The largest absolute Gasteiger partial charge is 0.370 e. The molecule has 1 heterocycles. The summed E-state index contributed by atoms with van der Waals surface area (Å²) in [7, 11) is 0. The van der Waals surface area contributed by atoms with Gasteiger partial charge in [-0.1, -0.05) is 18.5 Å². The normalized spacial score (nSPS) is 15.9. The third-order valence-corrected chi connectivity index (χ3v) is 3.61. The van der Waals surface area contributed by atoms with Gasteiger partial charge in [0.05, 0.1) is 5.02 Å². The van der Waals surface area contributed by atoms with E-state index in [1.54, 1.807) is 12.1 Å². The molecule has 2 N–H and O–H groups in total. The summed E-state index contributed by atoms with van der Waals surface area (Å²) in [5.74, 6) is 1.11. The third kappa shape index (κ3) is 3.83. The maximum absolute atomic E-state index is 12.1. The first-order valence-electron chi connectivity index (χ1n) is 6.83. The van der Waals surface area contributed by atoms with Crippen LogP contribution >= 0.6 is 11.6 Å². The molecule has 4 nitrogen and oxygen atoms in total. The first-order valence-corrected chi connectivity index (χ1v) is 7.21. The number of hydrogen-bond acceptors (Lipinski definition) is 3. The van der Waals surface area contributed by atoms with Crippen LogP contribution in [0, 0.1) is 5.92 Å². The zero-order valence-corrected chi connectivity index (χ0v) is 12.1. The molecule has 1 aliphatic rings. The Bertz CT molecular complexity index is 460. The minimum Gasteiger partial charge on any atom is -0.370 e. The third-order valence-electron chi connectivity index (χ3n) is 3.31. The minimum atomic E-state index is -0.190. The van der Waals surface area contributed by atoms with Crippen molar-refractivity contribution in [2.24, 2.45) is 5.92 Å². The van der Waals surface area contributed by atoms with Crippen molar-refractivity contribution in [1.29, 1.82) is 0 Å². The first-order chi connectivity index (χ1) is 9.11. The average Bonchev–Trinajstić information content (AvgIpc) is 3.21. The number of pyridine rings is 1. The van der Waals surface area contributed by atoms with Gasteiger partial charge in [0.15, 0.2) is 0 Å². The molecule has 1 atom stereocenters. The Morgan fingerprint density at radius 1 is 1.53 bits per heavy atom. The fourth-order valence-electron chi connectivity index (χ4n) is 1.94. The Balaban J connectivity index is 2.05. The SMILES string of the molecule is CCCNc1ccc(Cl)c(C(=O)NC(C)C2CC2)n1. The lowest BCUT2D eigenvalue weighted by Crippen LogP contribution is -2.34. The van der Waals surface area contributed by atoms with E-state index in [0.29, 0.717) is 22.5 Å². The molecule has 0 aromatic carbocycles. The molecule has 0 radical (unpaired) electrons. The van der Waals surface area contributed by atoms with Crippen LogP contribution < -0.4 is 10.6 Å². The van der Waals surface area contributed by atoms with E-state index in [1.807, 2.05) is 6.92 Å². The fourth-order valence-corrected chi connectivity index (χ4v) is 2.13. The van der Waals surface area contributed by atoms with E-state index < -0.39 is 0 Å². The topological polar surface area (TPSA) is 54.0 Å². The van der Waals surface area contributed by atoms with Crippen LogP contribution in [0.15, 0.2) is 12.1 Å². The van der Waals surface area contributed by atoms with E-state index in [0.717, 1.165) is 13.0 Å². The van der Waals surface area contributed by atoms with Gasteiger partial charge < -0.3 is 10.6 Å². The lowest BCUT2D eigenvalue weighted by molar-refractivity contribution is 0.0931. The molecular weight excluding hydrogens is 262 g/mol. The number of rotatable bonds is 6. The Labute approximate surface area is 118 Å². The van der Waals surface area contributed by atoms with Crippen LogP contribution in [0.4, 0.5) is 5.82 Å². The minimum absolute atomic E-state index is 0.190. The number of aromatic nitrogens is 1. The van der Waals surface area contributed by atoms with E-state index in [2.05, 4.69) is 22.5 Å². The standard InChI is InChI=1S/C14H20ClN3O/c1-3-8-16-12-7-6-11(15)13(18-12)14(19)17-9(2)10-4-5-10/h6-7,9-10H,3-5,8H2,1-2H3,(H,16,18)(H,17,19). The average molecular weight is 282 g/mol. The number of carbonyl (C=O) groups is 1. The molecule has 104 valence electrons. The quantitative estimate of drug-likeness (QED) is 0.842. The highest BCUT2D eigenvalue weighted by molar-refractivity contribution is 6.33. The summed E-state index contributed by atoms with van der Waals surface area (Å²) in [6, 6.07) is 3.69. The number of nitrogens with one attached hydrogen (secondary N) is 2. The molecule has 1 unspecified atom stereocenters. The summed E-state index contributed by atoms with van der Waals surface area (Å²) in [6.45, 7) is 4.94. The molecule has 0 aliphatic heterocycles. The van der Waals surface area contributed by atoms with Gasteiger partial charge in [-0.3, -0.25) is 4.79 Å². The second kappa shape index (κ2) is 6.24. The molecule has 19 heavy (non-hydrogen) atoms. The van der Waals surface area contributed by atoms with Gasteiger partial charge in [-0.2, -0.15) is 0 Å². The smallest absolute Gasteiger partial charge is 0.271 e. The van der Waals surface area contributed by atoms with Gasteiger partial charge in [0, 0.05) is 12.6 Å². The van der Waals surface area contributed by atoms with Crippen LogP contribution in [0.5, 0.6) is 0 Å². The van der Waals surface area contributed by atoms with Gasteiger partial charge >= 0.3 is 0 Å². The Morgan fingerprint density at radius 2 is 2.26 bits per heavy atom. The number of hydrogen-bond donors (Lipinski definition) is 2. The molecule has 1 aromatic rings. The van der Waals surface area contributed by atoms with Crippen molar-refractivity contribution >= 4 is 23.3 Å². The molecule has 0 spiro atoms. The monoisotopic (exact) mass is 281 g/mol. The molecule has 1 saturated carbocycles. The Morgan fingerprint density at radius 3 is 2.89 bits per heavy atom. The van der Waals surface area contributed by atoms with Gasteiger partial charge in [0.25, 0.3) is 5.91 Å². The number of anilines is 1. The van der Waals surface area contributed by atoms with E-state index in [4.69, 9.17) is 11.6 Å².